The summed E-state index contributed by atoms with van der Waals surface area (Å²) in [5, 5.41) is 2.92. The largest absolute Gasteiger partial charge is 0.454 e. The molecule has 1 aromatic carbocycles. The van der Waals surface area contributed by atoms with Gasteiger partial charge in [0.15, 0.2) is 17.4 Å². The van der Waals surface area contributed by atoms with E-state index in [0.717, 1.165) is 28.5 Å². The quantitative estimate of drug-likeness (QED) is 0.901. The molecule has 1 aromatic heterocycles. The first-order valence-corrected chi connectivity index (χ1v) is 8.45. The maximum atomic E-state index is 12.1. The Morgan fingerprint density at radius 1 is 1.24 bits per heavy atom. The summed E-state index contributed by atoms with van der Waals surface area (Å²) in [6.45, 7) is 8.79. The molecule has 2 heterocycles. The molecule has 6 heteroatoms. The minimum atomic E-state index is -0.134. The van der Waals surface area contributed by atoms with E-state index in [1.54, 1.807) is 0 Å². The molecule has 1 amide bonds. The van der Waals surface area contributed by atoms with Crippen molar-refractivity contribution in [3.8, 4) is 11.5 Å². The molecule has 1 N–H and O–H groups in total. The number of oxazole rings is 1. The van der Waals surface area contributed by atoms with Crippen molar-refractivity contribution >= 4 is 5.91 Å². The zero-order valence-electron chi connectivity index (χ0n) is 15.1. The lowest BCUT2D eigenvalue weighted by atomic mass is 9.97. The lowest BCUT2D eigenvalue weighted by Crippen LogP contribution is -2.23. The molecule has 2 aromatic rings. The number of aromatic nitrogens is 1. The molecule has 0 radical (unpaired) electrons. The minimum Gasteiger partial charge on any atom is -0.454 e. The van der Waals surface area contributed by atoms with Crippen molar-refractivity contribution in [2.24, 2.45) is 0 Å². The third-order valence-electron chi connectivity index (χ3n) is 4.04. The number of ether oxygens (including phenoxy) is 2. The topological polar surface area (TPSA) is 73.6 Å². The van der Waals surface area contributed by atoms with Gasteiger partial charge in [0.1, 0.15) is 5.76 Å². The van der Waals surface area contributed by atoms with Crippen LogP contribution in [0, 0.1) is 6.92 Å². The first-order valence-electron chi connectivity index (χ1n) is 8.45. The highest BCUT2D eigenvalue weighted by molar-refractivity contribution is 5.76. The van der Waals surface area contributed by atoms with Gasteiger partial charge >= 0.3 is 0 Å². The SMILES string of the molecule is Cc1nc(C(C)(C)C)oc1CCC(=O)NCc1ccc2c(c1)OCO2. The molecular weight excluding hydrogens is 320 g/mol. The van der Waals surface area contributed by atoms with E-state index >= 15 is 0 Å². The van der Waals surface area contributed by atoms with Crippen LogP contribution in [0.15, 0.2) is 22.6 Å². The number of aryl methyl sites for hydroxylation is 2. The van der Waals surface area contributed by atoms with Crippen LogP contribution in [-0.4, -0.2) is 17.7 Å². The molecule has 25 heavy (non-hydrogen) atoms. The molecule has 0 unspecified atom stereocenters. The van der Waals surface area contributed by atoms with Crippen molar-refractivity contribution in [1.82, 2.24) is 10.3 Å². The van der Waals surface area contributed by atoms with E-state index in [4.69, 9.17) is 13.9 Å². The van der Waals surface area contributed by atoms with E-state index in [9.17, 15) is 4.79 Å². The number of rotatable bonds is 5. The van der Waals surface area contributed by atoms with Crippen molar-refractivity contribution in [3.63, 3.8) is 0 Å². The second kappa shape index (κ2) is 6.78. The number of benzene rings is 1. The van der Waals surface area contributed by atoms with Gasteiger partial charge in [-0.25, -0.2) is 4.98 Å². The Morgan fingerprint density at radius 2 is 2.00 bits per heavy atom. The molecule has 3 rings (SSSR count). The molecular formula is C19H24N2O4. The number of fused-ring (bicyclic) bond motifs is 1. The predicted molar refractivity (Wildman–Crippen MR) is 92.7 cm³/mol. The van der Waals surface area contributed by atoms with Gasteiger partial charge in [-0.1, -0.05) is 26.8 Å². The van der Waals surface area contributed by atoms with Crippen LogP contribution in [0.25, 0.3) is 0 Å². The van der Waals surface area contributed by atoms with E-state index in [0.29, 0.717) is 25.3 Å². The van der Waals surface area contributed by atoms with E-state index in [2.05, 4.69) is 31.1 Å². The van der Waals surface area contributed by atoms with Gasteiger partial charge in [0, 0.05) is 24.8 Å². The first kappa shape index (κ1) is 17.3. The fraction of sp³-hybridized carbons (Fsp3) is 0.474. The molecule has 0 saturated carbocycles. The van der Waals surface area contributed by atoms with Crippen LogP contribution < -0.4 is 14.8 Å². The van der Waals surface area contributed by atoms with Gasteiger partial charge in [-0.2, -0.15) is 0 Å². The normalized spacial score (nSPS) is 13.1. The monoisotopic (exact) mass is 344 g/mol. The summed E-state index contributed by atoms with van der Waals surface area (Å²) in [6.07, 6.45) is 0.909. The third-order valence-corrected chi connectivity index (χ3v) is 4.04. The summed E-state index contributed by atoms with van der Waals surface area (Å²) in [5.74, 6) is 2.93. The van der Waals surface area contributed by atoms with Crippen LogP contribution in [0.3, 0.4) is 0 Å². The standard InChI is InChI=1S/C19H24N2O4/c1-12-14(25-18(21-12)19(2,3)4)7-8-17(22)20-10-13-5-6-15-16(9-13)24-11-23-15/h5-6,9H,7-8,10-11H2,1-4H3,(H,20,22). The van der Waals surface area contributed by atoms with Crippen molar-refractivity contribution in [2.45, 2.75) is 52.5 Å². The van der Waals surface area contributed by atoms with Crippen LogP contribution in [0.5, 0.6) is 11.5 Å². The van der Waals surface area contributed by atoms with E-state index in [1.165, 1.54) is 0 Å². The average molecular weight is 344 g/mol. The zero-order chi connectivity index (χ0) is 18.0. The maximum absolute atomic E-state index is 12.1. The highest BCUT2D eigenvalue weighted by atomic mass is 16.7. The van der Waals surface area contributed by atoms with Crippen LogP contribution in [-0.2, 0) is 23.2 Å². The van der Waals surface area contributed by atoms with Crippen molar-refractivity contribution in [1.29, 1.82) is 0 Å². The Labute approximate surface area is 147 Å². The van der Waals surface area contributed by atoms with Crippen LogP contribution in [0.2, 0.25) is 0 Å². The van der Waals surface area contributed by atoms with Gasteiger partial charge in [0.25, 0.3) is 0 Å². The van der Waals surface area contributed by atoms with Gasteiger partial charge in [0.2, 0.25) is 12.7 Å². The zero-order valence-corrected chi connectivity index (χ0v) is 15.1. The number of hydrogen-bond donors (Lipinski definition) is 1. The summed E-state index contributed by atoms with van der Waals surface area (Å²) in [6, 6.07) is 5.67. The smallest absolute Gasteiger partial charge is 0.231 e. The molecule has 0 bridgehead atoms. The molecule has 6 nitrogen and oxygen atoms in total. The molecule has 0 aliphatic carbocycles. The molecule has 0 spiro atoms. The van der Waals surface area contributed by atoms with Crippen LogP contribution >= 0.6 is 0 Å². The van der Waals surface area contributed by atoms with Gasteiger partial charge in [-0.05, 0) is 24.6 Å². The summed E-state index contributed by atoms with van der Waals surface area (Å²) in [5.41, 5.74) is 1.70. The second-order valence-electron chi connectivity index (χ2n) is 7.24. The molecule has 134 valence electrons. The Balaban J connectivity index is 1.51. The maximum Gasteiger partial charge on any atom is 0.231 e. The Morgan fingerprint density at radius 3 is 2.72 bits per heavy atom. The van der Waals surface area contributed by atoms with Crippen molar-refractivity contribution in [3.05, 3.63) is 41.1 Å². The van der Waals surface area contributed by atoms with Gasteiger partial charge < -0.3 is 19.2 Å². The molecule has 0 atom stereocenters. The lowest BCUT2D eigenvalue weighted by molar-refractivity contribution is -0.121. The molecule has 0 fully saturated rings. The Kier molecular flexibility index (Phi) is 4.70. The average Bonchev–Trinajstić information content (AvgIpc) is 3.16. The van der Waals surface area contributed by atoms with E-state index in [-0.39, 0.29) is 18.1 Å². The molecule has 1 aliphatic rings. The Bertz CT molecular complexity index is 774. The summed E-state index contributed by atoms with van der Waals surface area (Å²) in [7, 11) is 0. The number of hydrogen-bond acceptors (Lipinski definition) is 5. The van der Waals surface area contributed by atoms with Crippen LogP contribution in [0.4, 0.5) is 0 Å². The molecule has 1 aliphatic heterocycles. The number of amides is 1. The third kappa shape index (κ3) is 4.13. The van der Waals surface area contributed by atoms with Gasteiger partial charge in [-0.3, -0.25) is 4.79 Å². The number of nitrogens with one attached hydrogen (secondary N) is 1. The number of carbonyl (C=O) groups excluding carboxylic acids is 1. The number of nitrogens with zero attached hydrogens (tertiary/aromatic N) is 1. The summed E-state index contributed by atoms with van der Waals surface area (Å²) >= 11 is 0. The summed E-state index contributed by atoms with van der Waals surface area (Å²) in [4.78, 5) is 16.6. The number of carbonyl (C=O) groups is 1. The second-order valence-corrected chi connectivity index (χ2v) is 7.24. The van der Waals surface area contributed by atoms with Crippen molar-refractivity contribution in [2.75, 3.05) is 6.79 Å². The van der Waals surface area contributed by atoms with E-state index in [1.807, 2.05) is 25.1 Å². The Hall–Kier alpha value is -2.50. The fourth-order valence-electron chi connectivity index (χ4n) is 2.55. The predicted octanol–water partition coefficient (Wildman–Crippen LogP) is 3.26. The highest BCUT2D eigenvalue weighted by Crippen LogP contribution is 2.32. The van der Waals surface area contributed by atoms with Crippen LogP contribution in [0.1, 0.15) is 50.1 Å². The minimum absolute atomic E-state index is 0.0224. The highest BCUT2D eigenvalue weighted by Gasteiger charge is 2.22. The lowest BCUT2D eigenvalue weighted by Gasteiger charge is -2.12. The molecule has 0 saturated heterocycles. The van der Waals surface area contributed by atoms with Crippen molar-refractivity contribution < 1.29 is 18.7 Å². The van der Waals surface area contributed by atoms with E-state index < -0.39 is 0 Å². The summed E-state index contributed by atoms with van der Waals surface area (Å²) < 4.78 is 16.4. The fourth-order valence-corrected chi connectivity index (χ4v) is 2.55. The van der Waals surface area contributed by atoms with Gasteiger partial charge in [0.05, 0.1) is 5.69 Å². The van der Waals surface area contributed by atoms with Gasteiger partial charge in [-0.15, -0.1) is 0 Å². The first-order chi connectivity index (χ1) is 11.8.